The number of thioether (sulfide) groups is 1. The van der Waals surface area contributed by atoms with Gasteiger partial charge >= 0.3 is 0 Å². The standard InChI is InChI=1S/C10H18N2S/c11-5-9-13-10-8-12-6-3-1-2-4-7-12/h1-4,6-10H2. The Morgan fingerprint density at radius 3 is 2.46 bits per heavy atom. The van der Waals surface area contributed by atoms with E-state index in [1.54, 1.807) is 11.8 Å². The van der Waals surface area contributed by atoms with Crippen LogP contribution in [-0.4, -0.2) is 36.0 Å². The predicted molar refractivity (Wildman–Crippen MR) is 57.8 cm³/mol. The fourth-order valence-electron chi connectivity index (χ4n) is 1.67. The predicted octanol–water partition coefficient (Wildman–Crippen LogP) is 2.12. The first-order chi connectivity index (χ1) is 6.43. The molecular formula is C10H18N2S. The van der Waals surface area contributed by atoms with Crippen LogP contribution in [0.25, 0.3) is 0 Å². The summed E-state index contributed by atoms with van der Waals surface area (Å²) < 4.78 is 0. The summed E-state index contributed by atoms with van der Waals surface area (Å²) >= 11 is 1.75. The zero-order valence-electron chi connectivity index (χ0n) is 8.17. The van der Waals surface area contributed by atoms with Crippen LogP contribution in [0.3, 0.4) is 0 Å². The van der Waals surface area contributed by atoms with Gasteiger partial charge in [0.15, 0.2) is 0 Å². The molecule has 74 valence electrons. The Labute approximate surface area is 85.3 Å². The topological polar surface area (TPSA) is 27.0 Å². The molecule has 0 radical (unpaired) electrons. The largest absolute Gasteiger partial charge is 0.303 e. The lowest BCUT2D eigenvalue weighted by molar-refractivity contribution is 0.303. The van der Waals surface area contributed by atoms with Gasteiger partial charge in [0.25, 0.3) is 0 Å². The molecular weight excluding hydrogens is 180 g/mol. The normalized spacial score (nSPS) is 19.3. The maximum absolute atomic E-state index is 8.36. The molecule has 0 amide bonds. The second-order valence-electron chi connectivity index (χ2n) is 3.47. The van der Waals surface area contributed by atoms with Gasteiger partial charge in [0.05, 0.1) is 11.8 Å². The van der Waals surface area contributed by atoms with Crippen molar-refractivity contribution in [2.75, 3.05) is 31.1 Å². The van der Waals surface area contributed by atoms with E-state index in [0.717, 1.165) is 5.75 Å². The third-order valence-electron chi connectivity index (χ3n) is 2.42. The molecule has 0 saturated carbocycles. The molecule has 1 heterocycles. The van der Waals surface area contributed by atoms with Crippen LogP contribution in [0.5, 0.6) is 0 Å². The van der Waals surface area contributed by atoms with Crippen molar-refractivity contribution in [1.29, 1.82) is 5.26 Å². The van der Waals surface area contributed by atoms with Gasteiger partial charge in [-0.05, 0) is 25.9 Å². The molecule has 0 bridgehead atoms. The molecule has 0 aromatic rings. The average Bonchev–Trinajstić information content (AvgIpc) is 2.41. The maximum atomic E-state index is 8.36. The first-order valence-corrected chi connectivity index (χ1v) is 6.26. The molecule has 3 heteroatoms. The van der Waals surface area contributed by atoms with Gasteiger partial charge in [0, 0.05) is 12.3 Å². The van der Waals surface area contributed by atoms with Crippen LogP contribution in [0.2, 0.25) is 0 Å². The van der Waals surface area contributed by atoms with E-state index in [2.05, 4.69) is 11.0 Å². The van der Waals surface area contributed by atoms with Gasteiger partial charge in [-0.15, -0.1) is 11.8 Å². The zero-order valence-corrected chi connectivity index (χ0v) is 8.98. The molecule has 0 spiro atoms. The Balaban J connectivity index is 2.02. The number of likely N-dealkylation sites (tertiary alicyclic amines) is 1. The molecule has 0 atom stereocenters. The summed E-state index contributed by atoms with van der Waals surface area (Å²) in [7, 11) is 0. The summed E-state index contributed by atoms with van der Waals surface area (Å²) in [5, 5.41) is 8.36. The maximum Gasteiger partial charge on any atom is 0.0808 e. The highest BCUT2D eigenvalue weighted by molar-refractivity contribution is 7.99. The minimum Gasteiger partial charge on any atom is -0.303 e. The van der Waals surface area contributed by atoms with E-state index in [1.807, 2.05) is 0 Å². The van der Waals surface area contributed by atoms with Crippen molar-refractivity contribution in [2.45, 2.75) is 25.7 Å². The number of nitriles is 1. The van der Waals surface area contributed by atoms with E-state index in [-0.39, 0.29) is 0 Å². The van der Waals surface area contributed by atoms with Crippen molar-refractivity contribution in [2.24, 2.45) is 0 Å². The lowest BCUT2D eigenvalue weighted by Crippen LogP contribution is -2.27. The quantitative estimate of drug-likeness (QED) is 0.647. The summed E-state index contributed by atoms with van der Waals surface area (Å²) in [6.07, 6.45) is 5.54. The highest BCUT2D eigenvalue weighted by Gasteiger charge is 2.07. The van der Waals surface area contributed by atoms with Crippen LogP contribution < -0.4 is 0 Å². The summed E-state index contributed by atoms with van der Waals surface area (Å²) in [5.41, 5.74) is 0. The number of hydrogen-bond donors (Lipinski definition) is 0. The third kappa shape index (κ3) is 5.17. The Morgan fingerprint density at radius 2 is 1.85 bits per heavy atom. The third-order valence-corrected chi connectivity index (χ3v) is 3.22. The molecule has 0 N–H and O–H groups in total. The Kier molecular flexibility index (Phi) is 6.05. The van der Waals surface area contributed by atoms with E-state index in [4.69, 9.17) is 5.26 Å². The van der Waals surface area contributed by atoms with Crippen LogP contribution in [0.15, 0.2) is 0 Å². The van der Waals surface area contributed by atoms with Gasteiger partial charge in [-0.25, -0.2) is 0 Å². The van der Waals surface area contributed by atoms with Gasteiger partial charge in [-0.1, -0.05) is 12.8 Å². The van der Waals surface area contributed by atoms with Crippen molar-refractivity contribution in [3.63, 3.8) is 0 Å². The summed E-state index contributed by atoms with van der Waals surface area (Å²) in [5.74, 6) is 1.77. The van der Waals surface area contributed by atoms with Crippen LogP contribution >= 0.6 is 11.8 Å². The highest BCUT2D eigenvalue weighted by Crippen LogP contribution is 2.10. The molecule has 0 aromatic carbocycles. The summed E-state index contributed by atoms with van der Waals surface area (Å²) in [6, 6.07) is 2.16. The Hall–Kier alpha value is -0.200. The van der Waals surface area contributed by atoms with E-state index in [9.17, 15) is 0 Å². The molecule has 2 nitrogen and oxygen atoms in total. The minimum atomic E-state index is 0.647. The van der Waals surface area contributed by atoms with E-state index < -0.39 is 0 Å². The molecule has 0 unspecified atom stereocenters. The fourth-order valence-corrected chi connectivity index (χ4v) is 2.29. The lowest BCUT2D eigenvalue weighted by atomic mass is 10.2. The van der Waals surface area contributed by atoms with Crippen LogP contribution in [0.4, 0.5) is 0 Å². The van der Waals surface area contributed by atoms with Crippen molar-refractivity contribution in [3.05, 3.63) is 0 Å². The Morgan fingerprint density at radius 1 is 1.15 bits per heavy atom. The van der Waals surface area contributed by atoms with Crippen LogP contribution in [0, 0.1) is 11.3 Å². The van der Waals surface area contributed by atoms with Gasteiger partial charge in [-0.3, -0.25) is 0 Å². The van der Waals surface area contributed by atoms with Crippen molar-refractivity contribution < 1.29 is 0 Å². The molecule has 1 aliphatic rings. The van der Waals surface area contributed by atoms with Gasteiger partial charge in [0.2, 0.25) is 0 Å². The zero-order chi connectivity index (χ0) is 9.36. The second-order valence-corrected chi connectivity index (χ2v) is 4.57. The van der Waals surface area contributed by atoms with Crippen LogP contribution in [-0.2, 0) is 0 Å². The number of hydrogen-bond acceptors (Lipinski definition) is 3. The monoisotopic (exact) mass is 198 g/mol. The molecule has 0 aliphatic carbocycles. The van der Waals surface area contributed by atoms with Gasteiger partial charge < -0.3 is 4.90 Å². The van der Waals surface area contributed by atoms with Gasteiger partial charge in [0.1, 0.15) is 0 Å². The van der Waals surface area contributed by atoms with Crippen molar-refractivity contribution in [1.82, 2.24) is 4.90 Å². The average molecular weight is 198 g/mol. The number of rotatable bonds is 4. The van der Waals surface area contributed by atoms with Crippen molar-refractivity contribution in [3.8, 4) is 6.07 Å². The minimum absolute atomic E-state index is 0.647. The summed E-state index contributed by atoms with van der Waals surface area (Å²) in [4.78, 5) is 2.54. The summed E-state index contributed by atoms with van der Waals surface area (Å²) in [6.45, 7) is 3.71. The van der Waals surface area contributed by atoms with Crippen molar-refractivity contribution >= 4 is 11.8 Å². The molecule has 0 aromatic heterocycles. The molecule has 1 aliphatic heterocycles. The fraction of sp³-hybridized carbons (Fsp3) is 0.900. The first-order valence-electron chi connectivity index (χ1n) is 5.10. The molecule has 1 fully saturated rings. The molecule has 1 rings (SSSR count). The van der Waals surface area contributed by atoms with Gasteiger partial charge in [-0.2, -0.15) is 5.26 Å². The highest BCUT2D eigenvalue weighted by atomic mass is 32.2. The smallest absolute Gasteiger partial charge is 0.0808 e. The van der Waals surface area contributed by atoms with Crippen LogP contribution in [0.1, 0.15) is 25.7 Å². The van der Waals surface area contributed by atoms with E-state index in [0.29, 0.717) is 5.75 Å². The molecule has 13 heavy (non-hydrogen) atoms. The second kappa shape index (κ2) is 7.23. The Bertz CT molecular complexity index is 157. The lowest BCUT2D eigenvalue weighted by Gasteiger charge is -2.18. The SMILES string of the molecule is N#CCSCCN1CCCCCC1. The van der Waals surface area contributed by atoms with E-state index in [1.165, 1.54) is 45.3 Å². The number of nitrogens with zero attached hydrogens (tertiary/aromatic N) is 2. The van der Waals surface area contributed by atoms with E-state index >= 15 is 0 Å². The molecule has 1 saturated heterocycles. The first kappa shape index (κ1) is 10.9.